The maximum atomic E-state index is 10.6. The Morgan fingerprint density at radius 2 is 1.87 bits per heavy atom. The van der Waals surface area contributed by atoms with Gasteiger partial charge in [0.2, 0.25) is 0 Å². The molecule has 0 aliphatic rings. The van der Waals surface area contributed by atoms with Crippen molar-refractivity contribution in [3.8, 4) is 0 Å². The fourth-order valence-electron chi connectivity index (χ4n) is 1.30. The van der Waals surface area contributed by atoms with Crippen LogP contribution in [0.1, 0.15) is 34.9 Å². The van der Waals surface area contributed by atoms with Crippen molar-refractivity contribution >= 4 is 5.97 Å². The average molecular weight is 210 g/mol. The van der Waals surface area contributed by atoms with E-state index in [0.717, 1.165) is 0 Å². The number of benzene rings is 1. The summed E-state index contributed by atoms with van der Waals surface area (Å²) in [5.41, 5.74) is 0.876. The van der Waals surface area contributed by atoms with Gasteiger partial charge in [0.15, 0.2) is 0 Å². The Kier molecular flexibility index (Phi) is 4.27. The molecule has 1 aromatic carbocycles. The molecule has 1 unspecified atom stereocenters. The quantitative estimate of drug-likeness (QED) is 0.682. The van der Waals surface area contributed by atoms with Gasteiger partial charge in [0.25, 0.3) is 0 Å². The number of carboxylic acids is 1. The predicted octanol–water partition coefficient (Wildman–Crippen LogP) is 1.19. The van der Waals surface area contributed by atoms with E-state index in [-0.39, 0.29) is 12.2 Å². The summed E-state index contributed by atoms with van der Waals surface area (Å²) in [7, 11) is 0. The minimum absolute atomic E-state index is 0.0459. The molecule has 0 aromatic heterocycles. The maximum absolute atomic E-state index is 10.6. The highest BCUT2D eigenvalue weighted by Crippen LogP contribution is 2.18. The fraction of sp³-hybridized carbons (Fsp3) is 0.364. The van der Waals surface area contributed by atoms with E-state index in [1.165, 1.54) is 12.1 Å². The summed E-state index contributed by atoms with van der Waals surface area (Å²) < 4.78 is 0. The molecule has 0 saturated heterocycles. The number of aliphatic hydroxyl groups excluding tert-OH is 2. The second kappa shape index (κ2) is 5.48. The van der Waals surface area contributed by atoms with Crippen LogP contribution in [0.3, 0.4) is 0 Å². The van der Waals surface area contributed by atoms with Gasteiger partial charge in [-0.3, -0.25) is 0 Å². The van der Waals surface area contributed by atoms with Gasteiger partial charge in [-0.15, -0.1) is 0 Å². The van der Waals surface area contributed by atoms with Crippen LogP contribution in [0, 0.1) is 0 Å². The first-order valence-corrected chi connectivity index (χ1v) is 4.77. The Labute approximate surface area is 87.8 Å². The van der Waals surface area contributed by atoms with Crippen LogP contribution in [0.4, 0.5) is 0 Å². The molecule has 0 heterocycles. The molecule has 3 N–H and O–H groups in total. The molecule has 15 heavy (non-hydrogen) atoms. The van der Waals surface area contributed by atoms with Gasteiger partial charge >= 0.3 is 5.97 Å². The van der Waals surface area contributed by atoms with Crippen LogP contribution in [-0.2, 0) is 0 Å². The summed E-state index contributed by atoms with van der Waals surface area (Å²) in [6, 6.07) is 6.09. The van der Waals surface area contributed by atoms with E-state index in [1.807, 2.05) is 0 Å². The second-order valence-electron chi connectivity index (χ2n) is 3.31. The highest BCUT2D eigenvalue weighted by molar-refractivity contribution is 5.87. The first-order valence-electron chi connectivity index (χ1n) is 4.77. The lowest BCUT2D eigenvalue weighted by molar-refractivity contribution is 0.0696. The van der Waals surface area contributed by atoms with Crippen molar-refractivity contribution in [3.63, 3.8) is 0 Å². The van der Waals surface area contributed by atoms with Crippen molar-refractivity contribution in [2.75, 3.05) is 6.61 Å². The lowest BCUT2D eigenvalue weighted by Crippen LogP contribution is -2.01. The van der Waals surface area contributed by atoms with Crippen LogP contribution in [0.15, 0.2) is 24.3 Å². The zero-order chi connectivity index (χ0) is 11.3. The van der Waals surface area contributed by atoms with Crippen LogP contribution in [0.25, 0.3) is 0 Å². The Bertz CT molecular complexity index is 318. The largest absolute Gasteiger partial charge is 0.478 e. The summed E-state index contributed by atoms with van der Waals surface area (Å²) in [6.07, 6.45) is 0.366. The molecule has 0 saturated carbocycles. The van der Waals surface area contributed by atoms with Gasteiger partial charge < -0.3 is 15.3 Å². The predicted molar refractivity (Wildman–Crippen MR) is 54.7 cm³/mol. The molecule has 0 aliphatic heterocycles. The third-order valence-electron chi connectivity index (χ3n) is 2.18. The van der Waals surface area contributed by atoms with E-state index < -0.39 is 12.1 Å². The molecule has 0 aliphatic carbocycles. The highest BCUT2D eigenvalue weighted by atomic mass is 16.4. The number of carbonyl (C=O) groups is 1. The zero-order valence-electron chi connectivity index (χ0n) is 8.26. The van der Waals surface area contributed by atoms with Gasteiger partial charge in [-0.1, -0.05) is 12.1 Å². The van der Waals surface area contributed by atoms with Crippen LogP contribution >= 0.6 is 0 Å². The minimum atomic E-state index is -0.980. The molecule has 0 spiro atoms. The van der Waals surface area contributed by atoms with E-state index >= 15 is 0 Å². The van der Waals surface area contributed by atoms with Crippen molar-refractivity contribution in [2.45, 2.75) is 18.9 Å². The molecule has 0 bridgehead atoms. The molecule has 0 amide bonds. The average Bonchev–Trinajstić information content (AvgIpc) is 2.26. The Morgan fingerprint density at radius 3 is 2.33 bits per heavy atom. The lowest BCUT2D eigenvalue weighted by Gasteiger charge is -2.09. The van der Waals surface area contributed by atoms with Crippen molar-refractivity contribution < 1.29 is 20.1 Å². The van der Waals surface area contributed by atoms with Gasteiger partial charge in [0.1, 0.15) is 0 Å². The summed E-state index contributed by atoms with van der Waals surface area (Å²) >= 11 is 0. The SMILES string of the molecule is O=C(O)c1ccc(C(O)CCCO)cc1. The van der Waals surface area contributed by atoms with Gasteiger partial charge in [0.05, 0.1) is 11.7 Å². The van der Waals surface area contributed by atoms with Crippen LogP contribution < -0.4 is 0 Å². The summed E-state index contributed by atoms with van der Waals surface area (Å²) in [6.45, 7) is 0.0459. The third kappa shape index (κ3) is 3.34. The first kappa shape index (κ1) is 11.7. The Hall–Kier alpha value is -1.39. The molecule has 4 nitrogen and oxygen atoms in total. The Balaban J connectivity index is 2.66. The fourth-order valence-corrected chi connectivity index (χ4v) is 1.30. The molecule has 1 rings (SSSR count). The van der Waals surface area contributed by atoms with E-state index in [1.54, 1.807) is 12.1 Å². The van der Waals surface area contributed by atoms with Gasteiger partial charge in [-0.2, -0.15) is 0 Å². The second-order valence-corrected chi connectivity index (χ2v) is 3.31. The standard InChI is InChI=1S/C11H14O4/c12-7-1-2-10(13)8-3-5-9(6-4-8)11(14)15/h3-6,10,12-13H,1-2,7H2,(H,14,15). The summed E-state index contributed by atoms with van der Waals surface area (Å²) in [4.78, 5) is 10.6. The van der Waals surface area contributed by atoms with Crippen LogP contribution in [-0.4, -0.2) is 27.9 Å². The first-order chi connectivity index (χ1) is 7.15. The number of hydrogen-bond acceptors (Lipinski definition) is 3. The molecular weight excluding hydrogens is 196 g/mol. The lowest BCUT2D eigenvalue weighted by atomic mass is 10.0. The highest BCUT2D eigenvalue weighted by Gasteiger charge is 2.08. The number of rotatable bonds is 5. The monoisotopic (exact) mass is 210 g/mol. The van der Waals surface area contributed by atoms with Gasteiger partial charge in [0, 0.05) is 6.61 Å². The Morgan fingerprint density at radius 1 is 1.27 bits per heavy atom. The van der Waals surface area contributed by atoms with Crippen molar-refractivity contribution in [2.24, 2.45) is 0 Å². The number of hydrogen-bond donors (Lipinski definition) is 3. The van der Waals surface area contributed by atoms with E-state index in [9.17, 15) is 9.90 Å². The van der Waals surface area contributed by atoms with Gasteiger partial charge in [-0.05, 0) is 30.5 Å². The van der Waals surface area contributed by atoms with Gasteiger partial charge in [-0.25, -0.2) is 4.79 Å². The zero-order valence-corrected chi connectivity index (χ0v) is 8.26. The molecule has 4 heteroatoms. The molecule has 0 radical (unpaired) electrons. The van der Waals surface area contributed by atoms with Crippen molar-refractivity contribution in [3.05, 3.63) is 35.4 Å². The smallest absolute Gasteiger partial charge is 0.335 e. The normalized spacial score (nSPS) is 12.4. The van der Waals surface area contributed by atoms with E-state index in [0.29, 0.717) is 18.4 Å². The molecular formula is C11H14O4. The van der Waals surface area contributed by atoms with E-state index in [4.69, 9.17) is 10.2 Å². The molecule has 82 valence electrons. The number of aromatic carboxylic acids is 1. The third-order valence-corrected chi connectivity index (χ3v) is 2.18. The van der Waals surface area contributed by atoms with Crippen LogP contribution in [0.2, 0.25) is 0 Å². The number of aliphatic hydroxyl groups is 2. The summed E-state index contributed by atoms with van der Waals surface area (Å²) in [5.74, 6) is -0.980. The molecule has 0 fully saturated rings. The molecule has 1 aromatic rings. The van der Waals surface area contributed by atoms with Crippen LogP contribution in [0.5, 0.6) is 0 Å². The van der Waals surface area contributed by atoms with Crippen molar-refractivity contribution in [1.82, 2.24) is 0 Å². The van der Waals surface area contributed by atoms with E-state index in [2.05, 4.69) is 0 Å². The topological polar surface area (TPSA) is 77.8 Å². The van der Waals surface area contributed by atoms with Crippen molar-refractivity contribution in [1.29, 1.82) is 0 Å². The molecule has 1 atom stereocenters. The maximum Gasteiger partial charge on any atom is 0.335 e. The number of carboxylic acid groups (broad SMARTS) is 1. The minimum Gasteiger partial charge on any atom is -0.478 e. The summed E-state index contributed by atoms with van der Waals surface area (Å²) in [5, 5.41) is 26.9.